The van der Waals surface area contributed by atoms with Gasteiger partial charge >= 0.3 is 11.9 Å². The Balaban J connectivity index is 2.56. The summed E-state index contributed by atoms with van der Waals surface area (Å²) in [5, 5.41) is 9.64. The molecular formula is C14H13Br3O5. The van der Waals surface area contributed by atoms with Gasteiger partial charge in [0.25, 0.3) is 0 Å². The number of ether oxygens (including phenoxy) is 2. The van der Waals surface area contributed by atoms with Crippen molar-refractivity contribution in [3.8, 4) is 0 Å². The summed E-state index contributed by atoms with van der Waals surface area (Å²) in [6.45, 7) is 4.34. The van der Waals surface area contributed by atoms with Crippen LogP contribution in [0.2, 0.25) is 0 Å². The molecule has 0 saturated carbocycles. The van der Waals surface area contributed by atoms with E-state index in [2.05, 4.69) is 54.4 Å². The molecule has 0 aliphatic heterocycles. The molecule has 22 heavy (non-hydrogen) atoms. The second kappa shape index (κ2) is 8.81. The molecular weight excluding hydrogens is 488 g/mol. The fraction of sp³-hybridized carbons (Fsp3) is 0.286. The normalized spacial score (nSPS) is 11.7. The number of hydrogen-bond donors (Lipinski definition) is 1. The van der Waals surface area contributed by atoms with Gasteiger partial charge in [0.1, 0.15) is 19.3 Å². The highest BCUT2D eigenvalue weighted by atomic mass is 79.9. The number of carbonyl (C=O) groups excluding carboxylic acids is 2. The zero-order valence-electron chi connectivity index (χ0n) is 11.6. The number of aliphatic hydroxyl groups is 1. The van der Waals surface area contributed by atoms with E-state index in [0.29, 0.717) is 14.5 Å². The second-order valence-electron chi connectivity index (χ2n) is 4.38. The number of esters is 2. The monoisotopic (exact) mass is 498 g/mol. The third-order valence-electron chi connectivity index (χ3n) is 2.37. The van der Waals surface area contributed by atoms with Crippen molar-refractivity contribution in [3.05, 3.63) is 43.3 Å². The maximum absolute atomic E-state index is 12.0. The van der Waals surface area contributed by atoms with E-state index in [9.17, 15) is 14.7 Å². The topological polar surface area (TPSA) is 72.8 Å². The van der Waals surface area contributed by atoms with Gasteiger partial charge < -0.3 is 14.6 Å². The van der Waals surface area contributed by atoms with E-state index in [0.717, 1.165) is 4.47 Å². The number of benzene rings is 1. The van der Waals surface area contributed by atoms with Crippen molar-refractivity contribution in [1.29, 1.82) is 0 Å². The van der Waals surface area contributed by atoms with Crippen molar-refractivity contribution in [2.75, 3.05) is 13.2 Å². The fourth-order valence-corrected chi connectivity index (χ4v) is 3.91. The van der Waals surface area contributed by atoms with Gasteiger partial charge in [0.15, 0.2) is 0 Å². The summed E-state index contributed by atoms with van der Waals surface area (Å²) in [6.07, 6.45) is -1.11. The van der Waals surface area contributed by atoms with E-state index in [1.165, 1.54) is 6.92 Å². The number of rotatable bonds is 6. The minimum atomic E-state index is -1.11. The Morgan fingerprint density at radius 1 is 1.18 bits per heavy atom. The quantitative estimate of drug-likeness (QED) is 0.477. The molecule has 0 aromatic heterocycles. The molecule has 0 aliphatic rings. The predicted molar refractivity (Wildman–Crippen MR) is 91.6 cm³/mol. The van der Waals surface area contributed by atoms with Gasteiger partial charge in [-0.05, 0) is 50.9 Å². The lowest BCUT2D eigenvalue weighted by atomic mass is 10.2. The van der Waals surface area contributed by atoms with Crippen molar-refractivity contribution < 1.29 is 24.2 Å². The third-order valence-corrected chi connectivity index (χ3v) is 4.08. The van der Waals surface area contributed by atoms with Crippen LogP contribution in [0.25, 0.3) is 0 Å². The van der Waals surface area contributed by atoms with Gasteiger partial charge in [-0.15, -0.1) is 0 Å². The summed E-state index contributed by atoms with van der Waals surface area (Å²) < 4.78 is 11.6. The lowest BCUT2D eigenvalue weighted by Gasteiger charge is -2.13. The molecule has 0 amide bonds. The van der Waals surface area contributed by atoms with Crippen molar-refractivity contribution in [3.63, 3.8) is 0 Å². The minimum absolute atomic E-state index is 0.229. The highest BCUT2D eigenvalue weighted by molar-refractivity contribution is 9.11. The molecule has 0 saturated heterocycles. The van der Waals surface area contributed by atoms with E-state index >= 15 is 0 Å². The van der Waals surface area contributed by atoms with E-state index in [1.807, 2.05) is 0 Å². The van der Waals surface area contributed by atoms with Gasteiger partial charge in [-0.25, -0.2) is 9.59 Å². The fourth-order valence-electron chi connectivity index (χ4n) is 1.32. The summed E-state index contributed by atoms with van der Waals surface area (Å²) >= 11 is 9.83. The van der Waals surface area contributed by atoms with Crippen LogP contribution in [-0.2, 0) is 14.3 Å². The Hall–Kier alpha value is -0.700. The van der Waals surface area contributed by atoms with Crippen LogP contribution in [0.5, 0.6) is 0 Å². The third kappa shape index (κ3) is 5.83. The zero-order chi connectivity index (χ0) is 16.9. The standard InChI is InChI=1S/C14H13Br3O5/c1-7(2)13(19)21-5-9(18)6-22-14(20)12-10(16)3-8(15)4-11(12)17/h3-4,9,18H,1,5-6H2,2H3. The maximum Gasteiger partial charge on any atom is 0.340 e. The van der Waals surface area contributed by atoms with E-state index in [-0.39, 0.29) is 18.8 Å². The van der Waals surface area contributed by atoms with E-state index < -0.39 is 18.0 Å². The van der Waals surface area contributed by atoms with Gasteiger partial charge in [0, 0.05) is 19.0 Å². The average Bonchev–Trinajstić information content (AvgIpc) is 2.41. The minimum Gasteiger partial charge on any atom is -0.459 e. The van der Waals surface area contributed by atoms with Gasteiger partial charge in [-0.2, -0.15) is 0 Å². The largest absolute Gasteiger partial charge is 0.459 e. The highest BCUT2D eigenvalue weighted by Crippen LogP contribution is 2.30. The lowest BCUT2D eigenvalue weighted by molar-refractivity contribution is -0.142. The summed E-state index contributed by atoms with van der Waals surface area (Å²) in [4.78, 5) is 23.2. The van der Waals surface area contributed by atoms with Crippen molar-refractivity contribution >= 4 is 59.7 Å². The van der Waals surface area contributed by atoms with Gasteiger partial charge in [-0.3, -0.25) is 0 Å². The molecule has 1 rings (SSSR count). The smallest absolute Gasteiger partial charge is 0.340 e. The Bertz CT molecular complexity index is 577. The zero-order valence-corrected chi connectivity index (χ0v) is 16.3. The molecule has 0 fully saturated rings. The first kappa shape index (κ1) is 19.3. The molecule has 5 nitrogen and oxygen atoms in total. The summed E-state index contributed by atoms with van der Waals surface area (Å²) in [7, 11) is 0. The number of carbonyl (C=O) groups is 2. The Kier molecular flexibility index (Phi) is 7.75. The molecule has 1 N–H and O–H groups in total. The Morgan fingerprint density at radius 3 is 2.18 bits per heavy atom. The van der Waals surface area contributed by atoms with Crippen LogP contribution in [0, 0.1) is 0 Å². The molecule has 0 heterocycles. The molecule has 120 valence electrons. The van der Waals surface area contributed by atoms with Crippen LogP contribution in [0.4, 0.5) is 0 Å². The first-order valence-corrected chi connectivity index (χ1v) is 8.42. The van der Waals surface area contributed by atoms with E-state index in [1.54, 1.807) is 12.1 Å². The molecule has 0 radical (unpaired) electrons. The van der Waals surface area contributed by atoms with Crippen LogP contribution >= 0.6 is 47.8 Å². The SMILES string of the molecule is C=C(C)C(=O)OCC(O)COC(=O)c1c(Br)cc(Br)cc1Br. The van der Waals surface area contributed by atoms with E-state index in [4.69, 9.17) is 9.47 Å². The van der Waals surface area contributed by atoms with Gasteiger partial charge in [-0.1, -0.05) is 22.5 Å². The van der Waals surface area contributed by atoms with Crippen LogP contribution in [0.1, 0.15) is 17.3 Å². The molecule has 1 unspecified atom stereocenters. The number of hydrogen-bond acceptors (Lipinski definition) is 5. The summed E-state index contributed by atoms with van der Waals surface area (Å²) in [6, 6.07) is 3.40. The molecule has 0 bridgehead atoms. The Labute approximate surface area is 153 Å². The predicted octanol–water partition coefficient (Wildman–Crippen LogP) is 3.61. The number of halogens is 3. The first-order valence-electron chi connectivity index (χ1n) is 6.04. The Morgan fingerprint density at radius 2 is 1.68 bits per heavy atom. The molecule has 0 aliphatic carbocycles. The van der Waals surface area contributed by atoms with Gasteiger partial charge in [0.2, 0.25) is 0 Å². The first-order chi connectivity index (χ1) is 10.2. The van der Waals surface area contributed by atoms with Crippen molar-refractivity contribution in [2.45, 2.75) is 13.0 Å². The van der Waals surface area contributed by atoms with Crippen molar-refractivity contribution in [2.24, 2.45) is 0 Å². The second-order valence-corrected chi connectivity index (χ2v) is 7.00. The molecule has 1 aromatic rings. The lowest BCUT2D eigenvalue weighted by Crippen LogP contribution is -2.25. The molecule has 1 atom stereocenters. The average molecular weight is 501 g/mol. The molecule has 8 heteroatoms. The van der Waals surface area contributed by atoms with Crippen LogP contribution in [-0.4, -0.2) is 36.4 Å². The molecule has 1 aromatic carbocycles. The van der Waals surface area contributed by atoms with Crippen molar-refractivity contribution in [1.82, 2.24) is 0 Å². The summed E-state index contributed by atoms with van der Waals surface area (Å²) in [5.41, 5.74) is 0.529. The number of aliphatic hydroxyl groups excluding tert-OH is 1. The van der Waals surface area contributed by atoms with Crippen LogP contribution < -0.4 is 0 Å². The highest BCUT2D eigenvalue weighted by Gasteiger charge is 2.18. The summed E-state index contributed by atoms with van der Waals surface area (Å²) in [5.74, 6) is -1.22. The van der Waals surface area contributed by atoms with Crippen LogP contribution in [0.15, 0.2) is 37.7 Å². The molecule has 0 spiro atoms. The van der Waals surface area contributed by atoms with Crippen LogP contribution in [0.3, 0.4) is 0 Å². The van der Waals surface area contributed by atoms with Gasteiger partial charge in [0.05, 0.1) is 5.56 Å². The maximum atomic E-state index is 12.0.